The maximum Gasteiger partial charge on any atom is 0.253 e. The van der Waals surface area contributed by atoms with Crippen molar-refractivity contribution in [2.45, 2.75) is 6.17 Å². The fourth-order valence-electron chi connectivity index (χ4n) is 2.45. The predicted molar refractivity (Wildman–Crippen MR) is 104 cm³/mol. The summed E-state index contributed by atoms with van der Waals surface area (Å²) in [5.41, 5.74) is 1.67. The third-order valence-electron chi connectivity index (χ3n) is 3.79. The van der Waals surface area contributed by atoms with E-state index < -0.39 is 6.17 Å². The van der Waals surface area contributed by atoms with E-state index in [0.717, 1.165) is 0 Å². The van der Waals surface area contributed by atoms with Crippen molar-refractivity contribution in [2.24, 2.45) is 0 Å². The Morgan fingerprint density at radius 2 is 1.27 bits per heavy atom. The summed E-state index contributed by atoms with van der Waals surface area (Å²) in [4.78, 5) is 25.4. The van der Waals surface area contributed by atoms with Crippen molar-refractivity contribution in [1.29, 1.82) is 0 Å². The predicted octanol–water partition coefficient (Wildman–Crippen LogP) is 4.39. The van der Waals surface area contributed by atoms with Crippen LogP contribution < -0.4 is 10.6 Å². The first-order valence-electron chi connectivity index (χ1n) is 8.11. The molecule has 0 saturated carbocycles. The summed E-state index contributed by atoms with van der Waals surface area (Å²) in [5.74, 6) is -0.564. The second kappa shape index (κ2) is 8.32. The second-order valence-corrected chi connectivity index (χ2v) is 6.09. The Morgan fingerprint density at radius 3 is 1.85 bits per heavy atom. The molecular formula is C21H17ClN2O2. The highest BCUT2D eigenvalue weighted by molar-refractivity contribution is 6.30. The zero-order valence-electron chi connectivity index (χ0n) is 13.9. The molecule has 130 valence electrons. The Bertz CT molecular complexity index is 881. The first kappa shape index (κ1) is 17.7. The van der Waals surface area contributed by atoms with Crippen molar-refractivity contribution < 1.29 is 9.59 Å². The molecule has 4 nitrogen and oxygen atoms in total. The van der Waals surface area contributed by atoms with Gasteiger partial charge in [-0.3, -0.25) is 9.59 Å². The summed E-state index contributed by atoms with van der Waals surface area (Å²) in [6, 6.07) is 24.5. The summed E-state index contributed by atoms with van der Waals surface area (Å²) in [6.07, 6.45) is -0.911. The summed E-state index contributed by atoms with van der Waals surface area (Å²) in [6.45, 7) is 0. The Balaban J connectivity index is 1.84. The van der Waals surface area contributed by atoms with E-state index in [4.69, 9.17) is 11.6 Å². The van der Waals surface area contributed by atoms with Gasteiger partial charge in [-0.05, 0) is 36.4 Å². The highest BCUT2D eigenvalue weighted by Crippen LogP contribution is 2.15. The quantitative estimate of drug-likeness (QED) is 0.503. The highest BCUT2D eigenvalue weighted by atomic mass is 35.5. The van der Waals surface area contributed by atoms with Gasteiger partial charge in [0.25, 0.3) is 5.91 Å². The van der Waals surface area contributed by atoms with Crippen LogP contribution >= 0.6 is 11.6 Å². The molecule has 5 heteroatoms. The number of benzene rings is 3. The number of anilines is 1. The van der Waals surface area contributed by atoms with Gasteiger partial charge in [0.15, 0.2) is 6.17 Å². The molecule has 1 atom stereocenters. The van der Waals surface area contributed by atoms with Gasteiger partial charge in [-0.15, -0.1) is 0 Å². The van der Waals surface area contributed by atoms with E-state index in [1.165, 1.54) is 0 Å². The molecule has 0 aliphatic carbocycles. The van der Waals surface area contributed by atoms with E-state index in [9.17, 15) is 9.59 Å². The summed E-state index contributed by atoms with van der Waals surface area (Å²) in [5, 5.41) is 6.42. The van der Waals surface area contributed by atoms with E-state index in [1.807, 2.05) is 12.1 Å². The first-order valence-corrected chi connectivity index (χ1v) is 8.48. The molecule has 26 heavy (non-hydrogen) atoms. The van der Waals surface area contributed by atoms with Gasteiger partial charge in [-0.2, -0.15) is 0 Å². The molecule has 3 aromatic carbocycles. The van der Waals surface area contributed by atoms with Gasteiger partial charge < -0.3 is 10.6 Å². The van der Waals surface area contributed by atoms with Gasteiger partial charge in [-0.1, -0.05) is 60.1 Å². The van der Waals surface area contributed by atoms with Crippen LogP contribution in [-0.2, 0) is 0 Å². The fraction of sp³-hybridized carbons (Fsp3) is 0.0476. The number of rotatable bonds is 6. The molecule has 0 spiro atoms. The van der Waals surface area contributed by atoms with Crippen LogP contribution in [0, 0.1) is 0 Å². The molecule has 3 aromatic rings. The van der Waals surface area contributed by atoms with E-state index in [1.54, 1.807) is 72.8 Å². The molecule has 0 saturated heterocycles. The second-order valence-electron chi connectivity index (χ2n) is 5.65. The highest BCUT2D eigenvalue weighted by Gasteiger charge is 2.22. The molecule has 0 radical (unpaired) electrons. The third kappa shape index (κ3) is 4.49. The van der Waals surface area contributed by atoms with Crippen molar-refractivity contribution in [3.8, 4) is 0 Å². The normalized spacial score (nSPS) is 11.4. The van der Waals surface area contributed by atoms with E-state index >= 15 is 0 Å². The molecule has 1 amide bonds. The number of amides is 1. The molecule has 0 aliphatic heterocycles. The summed E-state index contributed by atoms with van der Waals surface area (Å²) in [7, 11) is 0. The van der Waals surface area contributed by atoms with Crippen LogP contribution in [0.3, 0.4) is 0 Å². The molecular weight excluding hydrogens is 348 g/mol. The molecule has 0 bridgehead atoms. The number of carbonyl (C=O) groups excluding carboxylic acids is 2. The topological polar surface area (TPSA) is 58.2 Å². The molecule has 0 heterocycles. The average Bonchev–Trinajstić information content (AvgIpc) is 2.70. The zero-order chi connectivity index (χ0) is 18.4. The van der Waals surface area contributed by atoms with Gasteiger partial charge in [0, 0.05) is 21.8 Å². The van der Waals surface area contributed by atoms with Gasteiger partial charge in [0.1, 0.15) is 0 Å². The minimum atomic E-state index is -0.911. The SMILES string of the molecule is O=C(N[C@H](Nc1ccc(Cl)cc1)C(=O)c1ccccc1)c1ccccc1. The Kier molecular flexibility index (Phi) is 5.66. The molecule has 0 aromatic heterocycles. The van der Waals surface area contributed by atoms with Crippen LogP contribution in [0.4, 0.5) is 5.69 Å². The maximum atomic E-state index is 12.9. The lowest BCUT2D eigenvalue weighted by Crippen LogP contribution is -2.46. The van der Waals surface area contributed by atoms with Crippen LogP contribution in [0.25, 0.3) is 0 Å². The minimum Gasteiger partial charge on any atom is -0.359 e. The van der Waals surface area contributed by atoms with Gasteiger partial charge in [0.2, 0.25) is 5.78 Å². The van der Waals surface area contributed by atoms with Gasteiger partial charge in [0.05, 0.1) is 0 Å². The lowest BCUT2D eigenvalue weighted by molar-refractivity contribution is 0.0869. The number of ketones is 1. The number of nitrogens with one attached hydrogen (secondary N) is 2. The van der Waals surface area contributed by atoms with Crippen LogP contribution in [0.15, 0.2) is 84.9 Å². The Morgan fingerprint density at radius 1 is 0.731 bits per heavy atom. The smallest absolute Gasteiger partial charge is 0.253 e. The summed E-state index contributed by atoms with van der Waals surface area (Å²) < 4.78 is 0. The van der Waals surface area contributed by atoms with E-state index in [0.29, 0.717) is 21.8 Å². The average molecular weight is 365 g/mol. The van der Waals surface area contributed by atoms with E-state index in [2.05, 4.69) is 10.6 Å². The Hall–Kier alpha value is -3.11. The van der Waals surface area contributed by atoms with Crippen LogP contribution in [-0.4, -0.2) is 17.9 Å². The van der Waals surface area contributed by atoms with Crippen molar-refractivity contribution in [3.05, 3.63) is 101 Å². The van der Waals surface area contributed by atoms with Crippen molar-refractivity contribution in [1.82, 2.24) is 5.32 Å². The van der Waals surface area contributed by atoms with Gasteiger partial charge in [-0.25, -0.2) is 0 Å². The number of Topliss-reactive ketones (excluding diaryl/α,β-unsaturated/α-hetero) is 1. The zero-order valence-corrected chi connectivity index (χ0v) is 14.6. The van der Waals surface area contributed by atoms with Crippen LogP contribution in [0.2, 0.25) is 5.02 Å². The molecule has 0 fully saturated rings. The lowest BCUT2D eigenvalue weighted by atomic mass is 10.1. The number of hydrogen-bond donors (Lipinski definition) is 2. The number of hydrogen-bond acceptors (Lipinski definition) is 3. The minimum absolute atomic E-state index is 0.232. The van der Waals surface area contributed by atoms with Crippen molar-refractivity contribution >= 4 is 29.0 Å². The molecule has 3 rings (SSSR count). The monoisotopic (exact) mass is 364 g/mol. The largest absolute Gasteiger partial charge is 0.359 e. The fourth-order valence-corrected chi connectivity index (χ4v) is 2.58. The van der Waals surface area contributed by atoms with Crippen molar-refractivity contribution in [2.75, 3.05) is 5.32 Å². The molecule has 0 unspecified atom stereocenters. The first-order chi connectivity index (χ1) is 12.6. The standard InChI is InChI=1S/C21H17ClN2O2/c22-17-11-13-18(14-12-17)23-20(19(25)15-7-3-1-4-8-15)24-21(26)16-9-5-2-6-10-16/h1-14,20,23H,(H,24,26)/t20-/m0/s1. The lowest BCUT2D eigenvalue weighted by Gasteiger charge is -2.20. The molecule has 0 aliphatic rings. The molecule has 2 N–H and O–H groups in total. The summed E-state index contributed by atoms with van der Waals surface area (Å²) >= 11 is 5.91. The van der Waals surface area contributed by atoms with E-state index in [-0.39, 0.29) is 11.7 Å². The van der Waals surface area contributed by atoms with Crippen molar-refractivity contribution in [3.63, 3.8) is 0 Å². The van der Waals surface area contributed by atoms with Gasteiger partial charge >= 0.3 is 0 Å². The van der Waals surface area contributed by atoms with Crippen LogP contribution in [0.5, 0.6) is 0 Å². The maximum absolute atomic E-state index is 12.9. The number of carbonyl (C=O) groups is 2. The Labute approximate surface area is 156 Å². The third-order valence-corrected chi connectivity index (χ3v) is 4.04. The number of halogens is 1. The van der Waals surface area contributed by atoms with Crippen LogP contribution in [0.1, 0.15) is 20.7 Å².